The summed E-state index contributed by atoms with van der Waals surface area (Å²) in [5, 5.41) is 6.01. The highest BCUT2D eigenvalue weighted by Crippen LogP contribution is 2.33. The van der Waals surface area contributed by atoms with E-state index in [1.54, 1.807) is 18.2 Å². The van der Waals surface area contributed by atoms with E-state index < -0.39 is 42.0 Å². The summed E-state index contributed by atoms with van der Waals surface area (Å²) in [6, 6.07) is 7.17. The first kappa shape index (κ1) is 21.9. The topological polar surface area (TPSA) is 59.8 Å². The second-order valence-corrected chi connectivity index (χ2v) is 7.23. The molecule has 0 spiro atoms. The number of nitrogens with zero attached hydrogens (tertiary/aromatic N) is 3. The quantitative estimate of drug-likeness (QED) is 0.522. The Bertz CT molecular complexity index is 1020. The number of carbonyl (C=O) groups excluding carboxylic acids is 1. The van der Waals surface area contributed by atoms with Crippen molar-refractivity contribution in [2.75, 3.05) is 0 Å². The molecule has 1 atom stereocenters. The van der Waals surface area contributed by atoms with E-state index in [4.69, 9.17) is 0 Å². The van der Waals surface area contributed by atoms with Gasteiger partial charge in [-0.15, -0.1) is 0 Å². The summed E-state index contributed by atoms with van der Waals surface area (Å²) in [6.07, 6.45) is -2.12. The highest BCUT2D eigenvalue weighted by molar-refractivity contribution is 9.10. The Kier molecular flexibility index (Phi) is 6.49. The molecule has 0 radical (unpaired) electrons. The smallest absolute Gasteiger partial charge is 0.346 e. The molecular weight excluding hydrogens is 475 g/mol. The summed E-state index contributed by atoms with van der Waals surface area (Å²) in [5.74, 6) is -2.18. The van der Waals surface area contributed by atoms with Crippen LogP contribution in [0.2, 0.25) is 0 Å². The van der Waals surface area contributed by atoms with E-state index in [1.165, 1.54) is 6.20 Å². The number of carbonyl (C=O) groups is 1. The zero-order chi connectivity index (χ0) is 21.9. The number of rotatable bonds is 6. The minimum Gasteiger partial charge on any atom is -0.346 e. The first-order valence-electron chi connectivity index (χ1n) is 8.57. The maximum atomic E-state index is 13.5. The molecule has 5 nitrogen and oxygen atoms in total. The van der Waals surface area contributed by atoms with Crippen LogP contribution < -0.4 is 5.32 Å². The Hall–Kier alpha value is -2.82. The van der Waals surface area contributed by atoms with Crippen LogP contribution in [0.5, 0.6) is 0 Å². The maximum absolute atomic E-state index is 13.5. The maximum Gasteiger partial charge on any atom is 0.436 e. The van der Waals surface area contributed by atoms with Crippen molar-refractivity contribution in [1.82, 2.24) is 20.1 Å². The van der Waals surface area contributed by atoms with Crippen LogP contribution in [0.15, 0.2) is 53.3 Å². The molecule has 1 unspecified atom stereocenters. The van der Waals surface area contributed by atoms with Gasteiger partial charge in [-0.3, -0.25) is 14.5 Å². The number of halogens is 6. The van der Waals surface area contributed by atoms with Gasteiger partial charge in [0.25, 0.3) is 0 Å². The van der Waals surface area contributed by atoms with Gasteiger partial charge in [0.1, 0.15) is 18.2 Å². The SMILES string of the molecule is O=C(Cn1cc(Br)c(C(F)(F)F)n1)NC(Cc1cc(F)cc(F)c1)c1ccccn1. The fraction of sp³-hybridized carbons (Fsp3) is 0.211. The molecule has 0 bridgehead atoms. The molecule has 0 aliphatic rings. The van der Waals surface area contributed by atoms with Crippen molar-refractivity contribution >= 4 is 21.8 Å². The van der Waals surface area contributed by atoms with Crippen LogP contribution in [0, 0.1) is 11.6 Å². The fourth-order valence-corrected chi connectivity index (χ4v) is 3.37. The Morgan fingerprint density at radius 2 is 1.87 bits per heavy atom. The van der Waals surface area contributed by atoms with Crippen LogP contribution in [0.3, 0.4) is 0 Å². The number of hydrogen-bond donors (Lipinski definition) is 1. The van der Waals surface area contributed by atoms with Crippen molar-refractivity contribution in [2.45, 2.75) is 25.2 Å². The molecule has 0 aliphatic carbocycles. The average Bonchev–Trinajstić information content (AvgIpc) is 3.01. The number of aromatic nitrogens is 3. The Labute approximate surface area is 176 Å². The fourth-order valence-electron chi connectivity index (χ4n) is 2.83. The molecule has 0 saturated heterocycles. The second kappa shape index (κ2) is 8.90. The number of alkyl halides is 3. The number of amides is 1. The number of benzene rings is 1. The lowest BCUT2D eigenvalue weighted by Crippen LogP contribution is -2.33. The van der Waals surface area contributed by atoms with Gasteiger partial charge in [0.2, 0.25) is 5.91 Å². The molecular formula is C19H14BrF5N4O. The molecule has 30 heavy (non-hydrogen) atoms. The van der Waals surface area contributed by atoms with Crippen LogP contribution in [0.1, 0.15) is 23.0 Å². The summed E-state index contributed by atoms with van der Waals surface area (Å²) in [6.45, 7) is -0.491. The summed E-state index contributed by atoms with van der Waals surface area (Å²) >= 11 is 2.77. The van der Waals surface area contributed by atoms with E-state index in [0.717, 1.165) is 29.1 Å². The van der Waals surface area contributed by atoms with Crippen molar-refractivity contribution < 1.29 is 26.7 Å². The van der Waals surface area contributed by atoms with Gasteiger partial charge < -0.3 is 5.32 Å². The second-order valence-electron chi connectivity index (χ2n) is 6.38. The molecule has 0 saturated carbocycles. The van der Waals surface area contributed by atoms with E-state index in [0.29, 0.717) is 5.69 Å². The van der Waals surface area contributed by atoms with E-state index in [2.05, 4.69) is 31.3 Å². The highest BCUT2D eigenvalue weighted by atomic mass is 79.9. The third-order valence-corrected chi connectivity index (χ3v) is 4.61. The molecule has 2 aromatic heterocycles. The minimum absolute atomic E-state index is 0.0219. The lowest BCUT2D eigenvalue weighted by molar-refractivity contribution is -0.142. The van der Waals surface area contributed by atoms with Crippen LogP contribution in [0.25, 0.3) is 0 Å². The summed E-state index contributed by atoms with van der Waals surface area (Å²) in [7, 11) is 0. The summed E-state index contributed by atoms with van der Waals surface area (Å²) < 4.78 is 66.2. The molecule has 0 aliphatic heterocycles. The molecule has 3 rings (SSSR count). The number of hydrogen-bond acceptors (Lipinski definition) is 3. The predicted molar refractivity (Wildman–Crippen MR) is 100 cm³/mol. The molecule has 1 amide bonds. The van der Waals surface area contributed by atoms with Crippen LogP contribution in [0.4, 0.5) is 22.0 Å². The lowest BCUT2D eigenvalue weighted by atomic mass is 10.0. The number of nitrogens with one attached hydrogen (secondary N) is 1. The van der Waals surface area contributed by atoms with Crippen molar-refractivity contribution in [1.29, 1.82) is 0 Å². The van der Waals surface area contributed by atoms with Crippen LogP contribution >= 0.6 is 15.9 Å². The highest BCUT2D eigenvalue weighted by Gasteiger charge is 2.36. The van der Waals surface area contributed by atoms with Gasteiger partial charge in [-0.05, 0) is 52.2 Å². The van der Waals surface area contributed by atoms with Crippen molar-refractivity contribution in [3.8, 4) is 0 Å². The zero-order valence-corrected chi connectivity index (χ0v) is 16.7. The molecule has 0 fully saturated rings. The Morgan fingerprint density at radius 3 is 2.43 bits per heavy atom. The van der Waals surface area contributed by atoms with Crippen LogP contribution in [-0.4, -0.2) is 20.7 Å². The largest absolute Gasteiger partial charge is 0.436 e. The van der Waals surface area contributed by atoms with Crippen LogP contribution in [-0.2, 0) is 23.9 Å². The molecule has 2 heterocycles. The van der Waals surface area contributed by atoms with E-state index in [9.17, 15) is 26.7 Å². The van der Waals surface area contributed by atoms with Gasteiger partial charge in [0, 0.05) is 18.5 Å². The third kappa shape index (κ3) is 5.62. The van der Waals surface area contributed by atoms with Gasteiger partial charge in [0.15, 0.2) is 5.69 Å². The van der Waals surface area contributed by atoms with Gasteiger partial charge in [-0.2, -0.15) is 18.3 Å². The van der Waals surface area contributed by atoms with Gasteiger partial charge >= 0.3 is 6.18 Å². The van der Waals surface area contributed by atoms with E-state index in [1.807, 2.05) is 0 Å². The van der Waals surface area contributed by atoms with Crippen molar-refractivity contribution in [3.63, 3.8) is 0 Å². The zero-order valence-electron chi connectivity index (χ0n) is 15.1. The van der Waals surface area contributed by atoms with E-state index in [-0.39, 0.29) is 16.5 Å². The van der Waals surface area contributed by atoms with E-state index >= 15 is 0 Å². The average molecular weight is 489 g/mol. The molecule has 3 aromatic rings. The minimum atomic E-state index is -4.67. The molecule has 1 N–H and O–H groups in total. The molecule has 1 aromatic carbocycles. The summed E-state index contributed by atoms with van der Waals surface area (Å²) in [5.41, 5.74) is -0.440. The third-order valence-electron chi connectivity index (χ3n) is 4.03. The van der Waals surface area contributed by atoms with Gasteiger partial charge in [-0.25, -0.2) is 8.78 Å². The Balaban J connectivity index is 1.78. The monoisotopic (exact) mass is 488 g/mol. The Morgan fingerprint density at radius 1 is 1.17 bits per heavy atom. The summed E-state index contributed by atoms with van der Waals surface area (Å²) in [4.78, 5) is 16.6. The number of pyridine rings is 1. The first-order chi connectivity index (χ1) is 14.1. The standard InChI is InChI=1S/C19H14BrF5N4O/c20-14-9-29(28-18(14)19(23,24)25)10-17(30)27-16(15-3-1-2-4-26-15)7-11-5-12(21)8-13(22)6-11/h1-6,8-9,16H,7,10H2,(H,27,30). The van der Waals surface area contributed by atoms with Gasteiger partial charge in [-0.1, -0.05) is 6.07 Å². The van der Waals surface area contributed by atoms with Gasteiger partial charge in [0.05, 0.1) is 16.2 Å². The van der Waals surface area contributed by atoms with Crippen molar-refractivity contribution in [2.24, 2.45) is 0 Å². The predicted octanol–water partition coefficient (Wildman–Crippen LogP) is 4.44. The first-order valence-corrected chi connectivity index (χ1v) is 9.36. The molecule has 11 heteroatoms. The molecule has 158 valence electrons. The normalized spacial score (nSPS) is 12.6. The van der Waals surface area contributed by atoms with Crippen molar-refractivity contribution in [3.05, 3.63) is 81.9 Å². The lowest BCUT2D eigenvalue weighted by Gasteiger charge is -2.19.